The number of nitrogens with one attached hydrogen (secondary N) is 1. The highest BCUT2D eigenvalue weighted by molar-refractivity contribution is 5.78. The molecule has 0 bridgehead atoms. The van der Waals surface area contributed by atoms with Crippen LogP contribution in [0.25, 0.3) is 0 Å². The maximum Gasteiger partial charge on any atom is 0.224 e. The zero-order valence-corrected chi connectivity index (χ0v) is 13.3. The summed E-state index contributed by atoms with van der Waals surface area (Å²) in [5.74, 6) is 0.0917. The first kappa shape index (κ1) is 16.7. The van der Waals surface area contributed by atoms with Crippen molar-refractivity contribution in [3.63, 3.8) is 0 Å². The van der Waals surface area contributed by atoms with E-state index in [-0.39, 0.29) is 11.3 Å². The number of hydrogen-bond acceptors (Lipinski definition) is 2. The highest BCUT2D eigenvalue weighted by Crippen LogP contribution is 2.20. The first-order chi connectivity index (χ1) is 9.34. The van der Waals surface area contributed by atoms with E-state index in [4.69, 9.17) is 5.73 Å². The predicted octanol–water partition coefficient (Wildman–Crippen LogP) is 2.73. The van der Waals surface area contributed by atoms with Gasteiger partial charge in [-0.25, -0.2) is 0 Å². The molecule has 0 radical (unpaired) electrons. The van der Waals surface area contributed by atoms with Crippen LogP contribution >= 0.6 is 0 Å². The van der Waals surface area contributed by atoms with Gasteiger partial charge in [-0.3, -0.25) is 4.79 Å². The van der Waals surface area contributed by atoms with E-state index >= 15 is 0 Å². The van der Waals surface area contributed by atoms with Crippen molar-refractivity contribution in [1.82, 2.24) is 5.32 Å². The van der Waals surface area contributed by atoms with Gasteiger partial charge >= 0.3 is 0 Å². The molecule has 0 saturated carbocycles. The Hall–Kier alpha value is -1.35. The Morgan fingerprint density at radius 2 is 1.95 bits per heavy atom. The van der Waals surface area contributed by atoms with Crippen molar-refractivity contribution in [3.05, 3.63) is 34.9 Å². The van der Waals surface area contributed by atoms with E-state index in [1.54, 1.807) is 0 Å². The number of benzene rings is 1. The van der Waals surface area contributed by atoms with Gasteiger partial charge in [-0.05, 0) is 55.3 Å². The molecule has 1 rings (SSSR count). The molecule has 3 N–H and O–H groups in total. The smallest absolute Gasteiger partial charge is 0.224 e. The molecule has 112 valence electrons. The quantitative estimate of drug-likeness (QED) is 0.804. The molecule has 3 heteroatoms. The van der Waals surface area contributed by atoms with Crippen molar-refractivity contribution in [2.24, 2.45) is 11.1 Å². The SMILES string of the molecule is Cc1ccc(CC(=O)NCC(C)(C)CCCN)cc1C. The molecule has 0 aromatic heterocycles. The van der Waals surface area contributed by atoms with E-state index in [9.17, 15) is 4.79 Å². The molecule has 1 aromatic rings. The Kier molecular flexibility index (Phi) is 6.21. The lowest BCUT2D eigenvalue weighted by Crippen LogP contribution is -2.35. The summed E-state index contributed by atoms with van der Waals surface area (Å²) in [4.78, 5) is 12.0. The molecule has 0 aliphatic rings. The maximum absolute atomic E-state index is 12.0. The van der Waals surface area contributed by atoms with Crippen molar-refractivity contribution < 1.29 is 4.79 Å². The first-order valence-electron chi connectivity index (χ1n) is 7.37. The van der Waals surface area contributed by atoms with E-state index < -0.39 is 0 Å². The third-order valence-electron chi connectivity index (χ3n) is 3.76. The summed E-state index contributed by atoms with van der Waals surface area (Å²) in [6, 6.07) is 6.19. The lowest BCUT2D eigenvalue weighted by Gasteiger charge is -2.24. The van der Waals surface area contributed by atoms with Crippen molar-refractivity contribution >= 4 is 5.91 Å². The van der Waals surface area contributed by atoms with Crippen LogP contribution in [0.2, 0.25) is 0 Å². The van der Waals surface area contributed by atoms with Gasteiger partial charge < -0.3 is 11.1 Å². The fraction of sp³-hybridized carbons (Fsp3) is 0.588. The van der Waals surface area contributed by atoms with Crippen LogP contribution in [-0.2, 0) is 11.2 Å². The monoisotopic (exact) mass is 276 g/mol. The minimum Gasteiger partial charge on any atom is -0.355 e. The summed E-state index contributed by atoms with van der Waals surface area (Å²) < 4.78 is 0. The van der Waals surface area contributed by atoms with Gasteiger partial charge in [0.15, 0.2) is 0 Å². The molecule has 0 aliphatic carbocycles. The number of carbonyl (C=O) groups excluding carboxylic acids is 1. The zero-order chi connectivity index (χ0) is 15.2. The molecule has 3 nitrogen and oxygen atoms in total. The molecule has 0 aliphatic heterocycles. The Labute approximate surface area is 122 Å². The third-order valence-corrected chi connectivity index (χ3v) is 3.76. The first-order valence-corrected chi connectivity index (χ1v) is 7.37. The van der Waals surface area contributed by atoms with Crippen LogP contribution in [0.5, 0.6) is 0 Å². The van der Waals surface area contributed by atoms with Crippen molar-refractivity contribution in [1.29, 1.82) is 0 Å². The number of nitrogens with two attached hydrogens (primary N) is 1. The Morgan fingerprint density at radius 1 is 1.25 bits per heavy atom. The van der Waals surface area contributed by atoms with Gasteiger partial charge in [-0.2, -0.15) is 0 Å². The summed E-state index contributed by atoms with van der Waals surface area (Å²) >= 11 is 0. The largest absolute Gasteiger partial charge is 0.355 e. The number of hydrogen-bond donors (Lipinski definition) is 2. The Bertz CT molecular complexity index is 452. The van der Waals surface area contributed by atoms with Crippen molar-refractivity contribution in [3.8, 4) is 0 Å². The van der Waals surface area contributed by atoms with Crippen LogP contribution < -0.4 is 11.1 Å². The molecule has 0 atom stereocenters. The number of amides is 1. The average Bonchev–Trinajstić information content (AvgIpc) is 2.39. The van der Waals surface area contributed by atoms with Gasteiger partial charge in [-0.1, -0.05) is 32.0 Å². The third kappa shape index (κ3) is 5.74. The molecule has 0 unspecified atom stereocenters. The lowest BCUT2D eigenvalue weighted by molar-refractivity contribution is -0.120. The molecular formula is C17H28N2O. The molecule has 20 heavy (non-hydrogen) atoms. The van der Waals surface area contributed by atoms with Crippen LogP contribution in [-0.4, -0.2) is 19.0 Å². The number of aryl methyl sites for hydroxylation is 2. The second-order valence-electron chi connectivity index (χ2n) is 6.43. The van der Waals surface area contributed by atoms with Crippen LogP contribution in [0.4, 0.5) is 0 Å². The summed E-state index contributed by atoms with van der Waals surface area (Å²) in [7, 11) is 0. The molecule has 0 fully saturated rings. The summed E-state index contributed by atoms with van der Waals surface area (Å²) in [5, 5.41) is 3.03. The number of carbonyl (C=O) groups is 1. The molecule has 1 amide bonds. The average molecular weight is 276 g/mol. The van der Waals surface area contributed by atoms with Gasteiger partial charge in [0.05, 0.1) is 6.42 Å². The zero-order valence-electron chi connectivity index (χ0n) is 13.3. The number of rotatable bonds is 7. The van der Waals surface area contributed by atoms with Crippen LogP contribution in [0, 0.1) is 19.3 Å². The fourth-order valence-electron chi connectivity index (χ4n) is 2.17. The Morgan fingerprint density at radius 3 is 2.55 bits per heavy atom. The molecular weight excluding hydrogens is 248 g/mol. The normalized spacial score (nSPS) is 11.4. The topological polar surface area (TPSA) is 55.1 Å². The van der Waals surface area contributed by atoms with Crippen molar-refractivity contribution in [2.75, 3.05) is 13.1 Å². The van der Waals surface area contributed by atoms with Crippen LogP contribution in [0.15, 0.2) is 18.2 Å². The van der Waals surface area contributed by atoms with Crippen LogP contribution in [0.1, 0.15) is 43.4 Å². The second-order valence-corrected chi connectivity index (χ2v) is 6.43. The summed E-state index contributed by atoms with van der Waals surface area (Å²) in [5.41, 5.74) is 9.21. The van der Waals surface area contributed by atoms with Crippen molar-refractivity contribution in [2.45, 2.75) is 47.0 Å². The highest BCUT2D eigenvalue weighted by atomic mass is 16.1. The second kappa shape index (κ2) is 7.44. The van der Waals surface area contributed by atoms with Crippen LogP contribution in [0.3, 0.4) is 0 Å². The Balaban J connectivity index is 2.45. The standard InChI is InChI=1S/C17H28N2O/c1-13-6-7-15(10-14(13)2)11-16(20)19-12-17(3,4)8-5-9-18/h6-7,10H,5,8-9,11-12,18H2,1-4H3,(H,19,20). The fourth-order valence-corrected chi connectivity index (χ4v) is 2.17. The van der Waals surface area contributed by atoms with E-state index in [1.165, 1.54) is 11.1 Å². The lowest BCUT2D eigenvalue weighted by atomic mass is 9.87. The molecule has 0 heterocycles. The minimum atomic E-state index is 0.0917. The summed E-state index contributed by atoms with van der Waals surface area (Å²) in [6.45, 7) is 9.90. The van der Waals surface area contributed by atoms with Gasteiger partial charge in [0.25, 0.3) is 0 Å². The van der Waals surface area contributed by atoms with Gasteiger partial charge in [-0.15, -0.1) is 0 Å². The van der Waals surface area contributed by atoms with Gasteiger partial charge in [0, 0.05) is 6.54 Å². The summed E-state index contributed by atoms with van der Waals surface area (Å²) in [6.07, 6.45) is 2.49. The van der Waals surface area contributed by atoms with E-state index in [2.05, 4.69) is 45.1 Å². The van der Waals surface area contributed by atoms with E-state index in [0.29, 0.717) is 19.5 Å². The van der Waals surface area contributed by atoms with E-state index in [1.807, 2.05) is 6.07 Å². The molecule has 0 spiro atoms. The van der Waals surface area contributed by atoms with Gasteiger partial charge in [0.1, 0.15) is 0 Å². The predicted molar refractivity (Wildman–Crippen MR) is 84.7 cm³/mol. The highest BCUT2D eigenvalue weighted by Gasteiger charge is 2.18. The van der Waals surface area contributed by atoms with E-state index in [0.717, 1.165) is 18.4 Å². The maximum atomic E-state index is 12.0. The minimum absolute atomic E-state index is 0.0917. The molecule has 0 saturated heterocycles. The molecule has 1 aromatic carbocycles. The van der Waals surface area contributed by atoms with Gasteiger partial charge in [0.2, 0.25) is 5.91 Å².